The van der Waals surface area contributed by atoms with Crippen LogP contribution in [0.3, 0.4) is 0 Å². The van der Waals surface area contributed by atoms with Crippen LogP contribution in [-0.2, 0) is 5.60 Å². The maximum atomic E-state index is 12.6. The van der Waals surface area contributed by atoms with E-state index in [-0.39, 0.29) is 18.5 Å². The summed E-state index contributed by atoms with van der Waals surface area (Å²) in [6.45, 7) is 8.28. The largest absolute Gasteiger partial charge is 0.466 e. The van der Waals surface area contributed by atoms with Crippen molar-refractivity contribution in [2.24, 2.45) is 0 Å². The summed E-state index contributed by atoms with van der Waals surface area (Å²) in [7, 11) is 0. The van der Waals surface area contributed by atoms with Gasteiger partial charge in [-0.25, -0.2) is 4.68 Å². The van der Waals surface area contributed by atoms with Crippen molar-refractivity contribution in [1.82, 2.24) is 19.9 Å². The molecule has 0 spiro atoms. The Labute approximate surface area is 134 Å². The first-order valence-electron chi connectivity index (χ1n) is 7.81. The van der Waals surface area contributed by atoms with Gasteiger partial charge in [0, 0.05) is 19.0 Å². The number of nitrogens with zero attached hydrogens (tertiary/aromatic N) is 4. The molecule has 1 unspecified atom stereocenters. The summed E-state index contributed by atoms with van der Waals surface area (Å²) in [5.41, 5.74) is -0.0747. The SMILES string of the molecule is Cc1cc(C(=O)N2CCC(O)(c3cn(C(C)C)nn3)C2)c(C)o1. The van der Waals surface area contributed by atoms with Gasteiger partial charge in [-0.1, -0.05) is 5.21 Å². The minimum Gasteiger partial charge on any atom is -0.466 e. The number of aromatic nitrogens is 3. The molecule has 7 nitrogen and oxygen atoms in total. The Kier molecular flexibility index (Phi) is 3.75. The Bertz CT molecular complexity index is 734. The number of hydrogen-bond acceptors (Lipinski definition) is 5. The van der Waals surface area contributed by atoms with Gasteiger partial charge >= 0.3 is 0 Å². The van der Waals surface area contributed by atoms with Crippen LogP contribution in [0.1, 0.15) is 53.9 Å². The fourth-order valence-electron chi connectivity index (χ4n) is 2.93. The lowest BCUT2D eigenvalue weighted by molar-refractivity contribution is 0.0381. The first kappa shape index (κ1) is 15.7. The summed E-state index contributed by atoms with van der Waals surface area (Å²) in [5, 5.41) is 19.0. The molecule has 2 aromatic heterocycles. The smallest absolute Gasteiger partial charge is 0.257 e. The van der Waals surface area contributed by atoms with Gasteiger partial charge < -0.3 is 14.4 Å². The first-order valence-corrected chi connectivity index (χ1v) is 7.81. The standard InChI is InChI=1S/C16H22N4O3/c1-10(2)20-8-14(17-18-20)16(22)5-6-19(9-16)15(21)13-7-11(3)23-12(13)4/h7-8,10,22H,5-6,9H2,1-4H3. The zero-order valence-corrected chi connectivity index (χ0v) is 13.9. The number of carbonyl (C=O) groups excluding carboxylic acids is 1. The Morgan fingerprint density at radius 2 is 2.17 bits per heavy atom. The van der Waals surface area contributed by atoms with Crippen LogP contribution >= 0.6 is 0 Å². The van der Waals surface area contributed by atoms with Gasteiger partial charge in [-0.15, -0.1) is 5.10 Å². The van der Waals surface area contributed by atoms with Crippen molar-refractivity contribution < 1.29 is 14.3 Å². The minimum absolute atomic E-state index is 0.119. The van der Waals surface area contributed by atoms with E-state index in [1.807, 2.05) is 20.8 Å². The van der Waals surface area contributed by atoms with Gasteiger partial charge in [0.25, 0.3) is 5.91 Å². The second-order valence-corrected chi connectivity index (χ2v) is 6.51. The predicted octanol–water partition coefficient (Wildman–Crippen LogP) is 1.80. The molecule has 23 heavy (non-hydrogen) atoms. The molecule has 1 N–H and O–H groups in total. The van der Waals surface area contributed by atoms with Crippen LogP contribution in [0.5, 0.6) is 0 Å². The molecule has 3 rings (SSSR count). The summed E-state index contributed by atoms with van der Waals surface area (Å²) in [6.07, 6.45) is 2.21. The summed E-state index contributed by atoms with van der Waals surface area (Å²) in [6, 6.07) is 1.92. The number of hydrogen-bond donors (Lipinski definition) is 1. The number of β-amino-alcohol motifs (C(OH)–C–C–N with tert-alkyl or cyclic N) is 1. The molecule has 1 amide bonds. The van der Waals surface area contributed by atoms with Crippen molar-refractivity contribution >= 4 is 5.91 Å². The second kappa shape index (κ2) is 5.49. The summed E-state index contributed by atoms with van der Waals surface area (Å²) in [5.74, 6) is 1.19. The number of amides is 1. The maximum absolute atomic E-state index is 12.6. The van der Waals surface area contributed by atoms with E-state index in [1.54, 1.807) is 28.8 Å². The van der Waals surface area contributed by atoms with Gasteiger partial charge in [-0.05, 0) is 33.8 Å². The fraction of sp³-hybridized carbons (Fsp3) is 0.562. The molecule has 1 fully saturated rings. The third-order valence-electron chi connectivity index (χ3n) is 4.32. The molecule has 3 heterocycles. The van der Waals surface area contributed by atoms with Crippen LogP contribution in [0.4, 0.5) is 0 Å². The van der Waals surface area contributed by atoms with E-state index in [0.717, 1.165) is 0 Å². The van der Waals surface area contributed by atoms with Crippen molar-refractivity contribution in [3.8, 4) is 0 Å². The summed E-state index contributed by atoms with van der Waals surface area (Å²) in [4.78, 5) is 14.3. The highest BCUT2D eigenvalue weighted by Crippen LogP contribution is 2.32. The van der Waals surface area contributed by atoms with Crippen molar-refractivity contribution in [1.29, 1.82) is 0 Å². The van der Waals surface area contributed by atoms with E-state index in [1.165, 1.54) is 0 Å². The number of carbonyl (C=O) groups is 1. The molecule has 1 saturated heterocycles. The third kappa shape index (κ3) is 2.76. The first-order chi connectivity index (χ1) is 10.8. The highest BCUT2D eigenvalue weighted by Gasteiger charge is 2.42. The molecule has 124 valence electrons. The van der Waals surface area contributed by atoms with Crippen molar-refractivity contribution in [2.75, 3.05) is 13.1 Å². The van der Waals surface area contributed by atoms with Crippen LogP contribution < -0.4 is 0 Å². The van der Waals surface area contributed by atoms with Gasteiger partial charge in [0.15, 0.2) is 0 Å². The number of likely N-dealkylation sites (tertiary alicyclic amines) is 1. The van der Waals surface area contributed by atoms with Crippen LogP contribution in [0.25, 0.3) is 0 Å². The Morgan fingerprint density at radius 3 is 2.74 bits per heavy atom. The van der Waals surface area contributed by atoms with Gasteiger partial charge in [0.05, 0.1) is 18.3 Å². The van der Waals surface area contributed by atoms with E-state index < -0.39 is 5.60 Å². The van der Waals surface area contributed by atoms with Crippen molar-refractivity contribution in [3.63, 3.8) is 0 Å². The quantitative estimate of drug-likeness (QED) is 0.933. The molecule has 0 bridgehead atoms. The number of aryl methyl sites for hydroxylation is 2. The Balaban J connectivity index is 1.79. The Hall–Kier alpha value is -2.15. The number of furan rings is 1. The minimum atomic E-state index is -1.14. The van der Waals surface area contributed by atoms with Crippen LogP contribution in [0, 0.1) is 13.8 Å². The topological polar surface area (TPSA) is 84.4 Å². The molecular weight excluding hydrogens is 296 g/mol. The van der Waals surface area contributed by atoms with Crippen molar-refractivity contribution in [2.45, 2.75) is 45.8 Å². The number of rotatable bonds is 3. The second-order valence-electron chi connectivity index (χ2n) is 6.51. The average Bonchev–Trinajstić information content (AvgIpc) is 3.17. The predicted molar refractivity (Wildman–Crippen MR) is 83.0 cm³/mol. The number of aliphatic hydroxyl groups is 1. The van der Waals surface area contributed by atoms with Crippen LogP contribution in [-0.4, -0.2) is 44.0 Å². The molecule has 1 atom stereocenters. The van der Waals surface area contributed by atoms with Crippen LogP contribution in [0.15, 0.2) is 16.7 Å². The summed E-state index contributed by atoms with van der Waals surface area (Å²) < 4.78 is 7.14. The molecular formula is C16H22N4O3. The van der Waals surface area contributed by atoms with E-state index in [4.69, 9.17) is 4.42 Å². The zero-order chi connectivity index (χ0) is 16.8. The lowest BCUT2D eigenvalue weighted by Crippen LogP contribution is -2.34. The molecule has 0 radical (unpaired) electrons. The van der Waals surface area contributed by atoms with E-state index in [9.17, 15) is 9.90 Å². The van der Waals surface area contributed by atoms with Gasteiger partial charge in [0.1, 0.15) is 22.8 Å². The van der Waals surface area contributed by atoms with Gasteiger partial charge in [-0.2, -0.15) is 0 Å². The lowest BCUT2D eigenvalue weighted by atomic mass is 10.00. The normalized spacial score (nSPS) is 21.4. The third-order valence-corrected chi connectivity index (χ3v) is 4.32. The molecule has 2 aromatic rings. The maximum Gasteiger partial charge on any atom is 0.257 e. The molecule has 0 saturated carbocycles. The van der Waals surface area contributed by atoms with Gasteiger partial charge in [0.2, 0.25) is 0 Å². The highest BCUT2D eigenvalue weighted by atomic mass is 16.3. The van der Waals surface area contributed by atoms with E-state index in [2.05, 4.69) is 10.3 Å². The van der Waals surface area contributed by atoms with Crippen LogP contribution in [0.2, 0.25) is 0 Å². The molecule has 0 aliphatic carbocycles. The van der Waals surface area contributed by atoms with E-state index >= 15 is 0 Å². The molecule has 0 aromatic carbocycles. The average molecular weight is 318 g/mol. The summed E-state index contributed by atoms with van der Waals surface area (Å²) >= 11 is 0. The fourth-order valence-corrected chi connectivity index (χ4v) is 2.93. The molecule has 1 aliphatic rings. The zero-order valence-electron chi connectivity index (χ0n) is 13.9. The van der Waals surface area contributed by atoms with Gasteiger partial charge in [-0.3, -0.25) is 4.79 Å². The van der Waals surface area contributed by atoms with Crippen molar-refractivity contribution in [3.05, 3.63) is 35.0 Å². The monoisotopic (exact) mass is 318 g/mol. The molecule has 1 aliphatic heterocycles. The molecule has 7 heteroatoms. The van der Waals surface area contributed by atoms with E-state index in [0.29, 0.717) is 35.7 Å². The Morgan fingerprint density at radius 1 is 1.43 bits per heavy atom. The highest BCUT2D eigenvalue weighted by molar-refractivity contribution is 5.95. The lowest BCUT2D eigenvalue weighted by Gasteiger charge is -2.21.